The molecule has 0 fully saturated rings. The second-order valence-electron chi connectivity index (χ2n) is 2.75. The Labute approximate surface area is 93.9 Å². The van der Waals surface area contributed by atoms with Crippen molar-refractivity contribution in [3.63, 3.8) is 0 Å². The Hall–Kier alpha value is -1.53. The van der Waals surface area contributed by atoms with Crippen LogP contribution in [0.4, 0.5) is 0 Å². The van der Waals surface area contributed by atoms with Crippen molar-refractivity contribution in [2.24, 2.45) is 7.05 Å². The first-order chi connectivity index (χ1) is 7.22. The van der Waals surface area contributed by atoms with Gasteiger partial charge in [-0.3, -0.25) is 4.68 Å². The number of nitrogens with zero attached hydrogens (tertiary/aromatic N) is 3. The van der Waals surface area contributed by atoms with Crippen molar-refractivity contribution in [1.82, 2.24) is 9.78 Å². The van der Waals surface area contributed by atoms with Crippen LogP contribution in [-0.2, 0) is 7.05 Å². The summed E-state index contributed by atoms with van der Waals surface area (Å²) in [5.74, 6) is 0. The molecule has 0 unspecified atom stereocenters. The minimum absolute atomic E-state index is 0.539. The minimum atomic E-state index is 0.539. The van der Waals surface area contributed by atoms with E-state index in [1.54, 1.807) is 29.9 Å². The third-order valence-electron chi connectivity index (χ3n) is 1.90. The second kappa shape index (κ2) is 4.81. The Morgan fingerprint density at radius 1 is 1.40 bits per heavy atom. The van der Waals surface area contributed by atoms with Crippen molar-refractivity contribution in [2.75, 3.05) is 0 Å². The summed E-state index contributed by atoms with van der Waals surface area (Å²) in [5, 5.41) is 14.4. The minimum Gasteiger partial charge on any atom is -0.257 e. The van der Waals surface area contributed by atoms with Crippen molar-refractivity contribution in [1.29, 1.82) is 5.26 Å². The first kappa shape index (κ1) is 11.5. The highest BCUT2D eigenvalue weighted by molar-refractivity contribution is 6.31. The smallest absolute Gasteiger partial charge is 0.146 e. The highest BCUT2D eigenvalue weighted by atomic mass is 35.5. The largest absolute Gasteiger partial charge is 0.257 e. The van der Waals surface area contributed by atoms with Crippen molar-refractivity contribution in [3.05, 3.63) is 28.9 Å². The van der Waals surface area contributed by atoms with Gasteiger partial charge in [0.05, 0.1) is 5.52 Å². The van der Waals surface area contributed by atoms with E-state index in [-0.39, 0.29) is 0 Å². The zero-order chi connectivity index (χ0) is 11.4. The number of halogens is 1. The first-order valence-electron chi connectivity index (χ1n) is 4.75. The number of aromatic nitrogens is 2. The van der Waals surface area contributed by atoms with Gasteiger partial charge in [-0.15, -0.1) is 0 Å². The molecule has 1 aromatic heterocycles. The molecule has 3 nitrogen and oxygen atoms in total. The number of nitriles is 1. The van der Waals surface area contributed by atoms with Crippen molar-refractivity contribution >= 4 is 22.5 Å². The number of aryl methyl sites for hydroxylation is 1. The second-order valence-corrected chi connectivity index (χ2v) is 3.18. The van der Waals surface area contributed by atoms with Gasteiger partial charge < -0.3 is 0 Å². The summed E-state index contributed by atoms with van der Waals surface area (Å²) in [5.41, 5.74) is 1.33. The van der Waals surface area contributed by atoms with Crippen LogP contribution in [0.3, 0.4) is 0 Å². The molecule has 1 heterocycles. The van der Waals surface area contributed by atoms with Crippen molar-refractivity contribution in [2.45, 2.75) is 13.8 Å². The van der Waals surface area contributed by atoms with Gasteiger partial charge in [-0.25, -0.2) is 0 Å². The van der Waals surface area contributed by atoms with Gasteiger partial charge in [0.15, 0.2) is 0 Å². The van der Waals surface area contributed by atoms with Crippen LogP contribution in [0.15, 0.2) is 18.2 Å². The van der Waals surface area contributed by atoms with Crippen LogP contribution in [0.2, 0.25) is 5.02 Å². The molecule has 1 aromatic carbocycles. The predicted octanol–water partition coefficient (Wildman–Crippen LogP) is 3.12. The molecule has 2 aromatic rings. The maximum absolute atomic E-state index is 8.84. The van der Waals surface area contributed by atoms with Crippen molar-refractivity contribution < 1.29 is 0 Å². The molecule has 0 saturated heterocycles. The lowest BCUT2D eigenvalue weighted by atomic mass is 10.2. The molecule has 0 aliphatic carbocycles. The van der Waals surface area contributed by atoms with Crippen LogP contribution in [-0.4, -0.2) is 9.78 Å². The maximum atomic E-state index is 8.84. The van der Waals surface area contributed by atoms with Crippen LogP contribution in [0, 0.1) is 11.3 Å². The molecule has 15 heavy (non-hydrogen) atoms. The van der Waals surface area contributed by atoms with Gasteiger partial charge in [-0.1, -0.05) is 25.4 Å². The average Bonchev–Trinajstić information content (AvgIpc) is 2.56. The van der Waals surface area contributed by atoms with Gasteiger partial charge in [-0.2, -0.15) is 10.4 Å². The van der Waals surface area contributed by atoms with Crippen LogP contribution < -0.4 is 0 Å². The summed E-state index contributed by atoms with van der Waals surface area (Å²) in [7, 11) is 1.74. The zero-order valence-electron chi connectivity index (χ0n) is 8.95. The standard InChI is InChI=1S/C9H6ClN3.C2H6/c1-13-9(5-11)7-4-6(10)2-3-8(7)12-13;1-2/h2-4H,1H3;1-2H3. The normalized spacial score (nSPS) is 9.27. The zero-order valence-corrected chi connectivity index (χ0v) is 9.71. The molecule has 0 atom stereocenters. The summed E-state index contributed by atoms with van der Waals surface area (Å²) in [6.07, 6.45) is 0. The number of rotatable bonds is 0. The summed E-state index contributed by atoms with van der Waals surface area (Å²) in [4.78, 5) is 0. The van der Waals surface area contributed by atoms with Gasteiger partial charge in [0.2, 0.25) is 0 Å². The van der Waals surface area contributed by atoms with E-state index in [4.69, 9.17) is 16.9 Å². The lowest BCUT2D eigenvalue weighted by Crippen LogP contribution is -1.92. The molecule has 0 N–H and O–H groups in total. The quantitative estimate of drug-likeness (QED) is 0.686. The summed E-state index contributed by atoms with van der Waals surface area (Å²) in [6.45, 7) is 4.00. The molecule has 0 saturated carbocycles. The maximum Gasteiger partial charge on any atom is 0.146 e. The Balaban J connectivity index is 0.000000531. The van der Waals surface area contributed by atoms with Gasteiger partial charge in [0.1, 0.15) is 11.8 Å². The number of benzene rings is 1. The molecular formula is C11H12ClN3. The average molecular weight is 222 g/mol. The van der Waals surface area contributed by atoms with Crippen LogP contribution in [0.25, 0.3) is 10.9 Å². The fraction of sp³-hybridized carbons (Fsp3) is 0.273. The third kappa shape index (κ3) is 2.11. The Morgan fingerprint density at radius 3 is 2.67 bits per heavy atom. The molecule has 0 bridgehead atoms. The van der Waals surface area contributed by atoms with E-state index >= 15 is 0 Å². The molecule has 0 aliphatic rings. The number of hydrogen-bond donors (Lipinski definition) is 0. The van der Waals surface area contributed by atoms with Gasteiger partial charge in [0.25, 0.3) is 0 Å². The Bertz CT molecular complexity index is 508. The fourth-order valence-electron chi connectivity index (χ4n) is 1.30. The monoisotopic (exact) mass is 221 g/mol. The fourth-order valence-corrected chi connectivity index (χ4v) is 1.48. The van der Waals surface area contributed by atoms with E-state index in [0.29, 0.717) is 10.7 Å². The van der Waals surface area contributed by atoms with E-state index in [0.717, 1.165) is 10.9 Å². The van der Waals surface area contributed by atoms with E-state index in [9.17, 15) is 0 Å². The topological polar surface area (TPSA) is 41.6 Å². The van der Waals surface area contributed by atoms with Crippen LogP contribution in [0.5, 0.6) is 0 Å². The highest BCUT2D eigenvalue weighted by Crippen LogP contribution is 2.21. The van der Waals surface area contributed by atoms with E-state index in [1.807, 2.05) is 13.8 Å². The van der Waals surface area contributed by atoms with Crippen LogP contribution >= 0.6 is 11.6 Å². The summed E-state index contributed by atoms with van der Waals surface area (Å²) >= 11 is 5.81. The van der Waals surface area contributed by atoms with Gasteiger partial charge in [0, 0.05) is 17.5 Å². The molecule has 2 rings (SSSR count). The highest BCUT2D eigenvalue weighted by Gasteiger charge is 2.07. The number of fused-ring (bicyclic) bond motifs is 1. The summed E-state index contributed by atoms with van der Waals surface area (Å²) in [6, 6.07) is 7.41. The Kier molecular flexibility index (Phi) is 3.70. The van der Waals surface area contributed by atoms with Crippen LogP contribution in [0.1, 0.15) is 19.5 Å². The van der Waals surface area contributed by atoms with E-state index < -0.39 is 0 Å². The molecule has 0 aliphatic heterocycles. The van der Waals surface area contributed by atoms with Gasteiger partial charge >= 0.3 is 0 Å². The lowest BCUT2D eigenvalue weighted by molar-refractivity contribution is 0.767. The molecular weight excluding hydrogens is 210 g/mol. The summed E-state index contributed by atoms with van der Waals surface area (Å²) < 4.78 is 1.56. The first-order valence-corrected chi connectivity index (χ1v) is 5.12. The molecule has 0 amide bonds. The van der Waals surface area contributed by atoms with E-state index in [1.165, 1.54) is 0 Å². The van der Waals surface area contributed by atoms with E-state index in [2.05, 4.69) is 11.2 Å². The third-order valence-corrected chi connectivity index (χ3v) is 2.14. The lowest BCUT2D eigenvalue weighted by Gasteiger charge is -1.89. The molecule has 78 valence electrons. The van der Waals surface area contributed by atoms with Crippen molar-refractivity contribution in [3.8, 4) is 6.07 Å². The molecule has 0 radical (unpaired) electrons. The molecule has 0 spiro atoms. The SMILES string of the molecule is CC.Cn1nc2ccc(Cl)cc2c1C#N. The molecule has 4 heteroatoms. The predicted molar refractivity (Wildman–Crippen MR) is 61.8 cm³/mol. The Morgan fingerprint density at radius 2 is 2.07 bits per heavy atom. The number of hydrogen-bond acceptors (Lipinski definition) is 2. The van der Waals surface area contributed by atoms with Gasteiger partial charge in [-0.05, 0) is 18.2 Å².